The third-order valence-electron chi connectivity index (χ3n) is 4.48. The Labute approximate surface area is 146 Å². The minimum absolute atomic E-state index is 0.153. The van der Waals surface area contributed by atoms with Crippen LogP contribution in [0.1, 0.15) is 49.7 Å². The number of ether oxygens (including phenoxy) is 1. The Hall–Kier alpha value is -2.63. The zero-order valence-electron chi connectivity index (χ0n) is 14.8. The van der Waals surface area contributed by atoms with E-state index in [-0.39, 0.29) is 11.6 Å². The van der Waals surface area contributed by atoms with Gasteiger partial charge in [0.2, 0.25) is 5.89 Å². The van der Waals surface area contributed by atoms with Crippen LogP contribution < -0.4 is 4.74 Å². The standard InChI is InChI=1S/C19H22N4O2/c1-13(23-9-5-8-20-23)10-17-21-16(22-25-17)11-14-6-4-7-15-12-19(2,3)24-18(14)15/h4-9,13H,10-12H2,1-3H3. The molecule has 3 aromatic rings. The van der Waals surface area contributed by atoms with Crippen molar-refractivity contribution >= 4 is 0 Å². The van der Waals surface area contributed by atoms with Crippen LogP contribution in [-0.4, -0.2) is 25.5 Å². The van der Waals surface area contributed by atoms with Crippen LogP contribution in [0.2, 0.25) is 0 Å². The molecule has 1 aliphatic rings. The lowest BCUT2D eigenvalue weighted by Crippen LogP contribution is -2.24. The molecule has 0 spiro atoms. The molecule has 1 aromatic carbocycles. The first kappa shape index (κ1) is 15.9. The van der Waals surface area contributed by atoms with Crippen molar-refractivity contribution in [2.24, 2.45) is 0 Å². The van der Waals surface area contributed by atoms with Crippen LogP contribution in [0.4, 0.5) is 0 Å². The molecule has 0 amide bonds. The van der Waals surface area contributed by atoms with E-state index in [1.54, 1.807) is 6.20 Å². The van der Waals surface area contributed by atoms with E-state index in [1.807, 2.05) is 16.9 Å². The Kier molecular flexibility index (Phi) is 3.82. The van der Waals surface area contributed by atoms with Crippen molar-refractivity contribution in [1.82, 2.24) is 19.9 Å². The summed E-state index contributed by atoms with van der Waals surface area (Å²) >= 11 is 0. The summed E-state index contributed by atoms with van der Waals surface area (Å²) in [7, 11) is 0. The highest BCUT2D eigenvalue weighted by molar-refractivity contribution is 5.46. The fourth-order valence-corrected chi connectivity index (χ4v) is 3.32. The average molecular weight is 338 g/mol. The molecule has 25 heavy (non-hydrogen) atoms. The topological polar surface area (TPSA) is 66.0 Å². The van der Waals surface area contributed by atoms with Crippen LogP contribution in [-0.2, 0) is 19.3 Å². The summed E-state index contributed by atoms with van der Waals surface area (Å²) in [5, 5.41) is 8.39. The van der Waals surface area contributed by atoms with Gasteiger partial charge in [0, 0.05) is 37.2 Å². The molecule has 0 bridgehead atoms. The molecule has 2 aromatic heterocycles. The Morgan fingerprint density at radius 1 is 1.28 bits per heavy atom. The molecule has 0 saturated heterocycles. The van der Waals surface area contributed by atoms with Crippen molar-refractivity contribution in [1.29, 1.82) is 0 Å². The maximum Gasteiger partial charge on any atom is 0.228 e. The molecule has 3 heterocycles. The molecule has 1 aliphatic heterocycles. The third kappa shape index (κ3) is 3.29. The number of para-hydroxylation sites is 1. The molecule has 0 radical (unpaired) electrons. The summed E-state index contributed by atoms with van der Waals surface area (Å²) in [5.74, 6) is 2.29. The molecule has 0 fully saturated rings. The maximum absolute atomic E-state index is 6.12. The highest BCUT2D eigenvalue weighted by Crippen LogP contribution is 2.38. The Morgan fingerprint density at radius 3 is 2.96 bits per heavy atom. The first-order valence-electron chi connectivity index (χ1n) is 8.60. The van der Waals surface area contributed by atoms with Crippen LogP contribution in [0.3, 0.4) is 0 Å². The first-order valence-corrected chi connectivity index (χ1v) is 8.60. The summed E-state index contributed by atoms with van der Waals surface area (Å²) in [5.41, 5.74) is 2.20. The number of hydrogen-bond donors (Lipinski definition) is 0. The predicted octanol–water partition coefficient (Wildman–Crippen LogP) is 3.37. The summed E-state index contributed by atoms with van der Waals surface area (Å²) < 4.78 is 13.4. The largest absolute Gasteiger partial charge is 0.487 e. The fourth-order valence-electron chi connectivity index (χ4n) is 3.32. The average Bonchev–Trinajstić information content (AvgIpc) is 3.26. The van der Waals surface area contributed by atoms with Gasteiger partial charge in [0.1, 0.15) is 11.4 Å². The number of hydrogen-bond acceptors (Lipinski definition) is 5. The highest BCUT2D eigenvalue weighted by Gasteiger charge is 2.31. The van der Waals surface area contributed by atoms with E-state index in [4.69, 9.17) is 9.26 Å². The SMILES string of the molecule is CC(Cc1nc(Cc2cccc3c2OC(C)(C)C3)no1)n1cccn1. The van der Waals surface area contributed by atoms with Gasteiger partial charge < -0.3 is 9.26 Å². The molecule has 1 unspecified atom stereocenters. The molecule has 4 rings (SSSR count). The van der Waals surface area contributed by atoms with Gasteiger partial charge in [-0.3, -0.25) is 4.68 Å². The van der Waals surface area contributed by atoms with Crippen molar-refractivity contribution in [3.8, 4) is 5.75 Å². The minimum atomic E-state index is -0.153. The van der Waals surface area contributed by atoms with Gasteiger partial charge in [0.25, 0.3) is 0 Å². The molecule has 0 saturated carbocycles. The van der Waals surface area contributed by atoms with Gasteiger partial charge in [-0.15, -0.1) is 0 Å². The van der Waals surface area contributed by atoms with E-state index in [0.717, 1.165) is 17.7 Å². The number of rotatable bonds is 5. The quantitative estimate of drug-likeness (QED) is 0.713. The van der Waals surface area contributed by atoms with Gasteiger partial charge in [-0.2, -0.15) is 10.1 Å². The van der Waals surface area contributed by atoms with E-state index in [0.29, 0.717) is 24.6 Å². The summed E-state index contributed by atoms with van der Waals surface area (Å²) in [6.07, 6.45) is 5.90. The van der Waals surface area contributed by atoms with E-state index < -0.39 is 0 Å². The first-order chi connectivity index (χ1) is 12.0. The summed E-state index contributed by atoms with van der Waals surface area (Å²) in [6.45, 7) is 6.30. The number of nitrogens with zero attached hydrogens (tertiary/aromatic N) is 4. The minimum Gasteiger partial charge on any atom is -0.487 e. The van der Waals surface area contributed by atoms with Crippen molar-refractivity contribution in [2.75, 3.05) is 0 Å². The number of aromatic nitrogens is 4. The Bertz CT molecular complexity index is 867. The molecule has 130 valence electrons. The van der Waals surface area contributed by atoms with Gasteiger partial charge in [0.05, 0.1) is 6.04 Å². The second kappa shape index (κ2) is 6.02. The Morgan fingerprint density at radius 2 is 2.16 bits per heavy atom. The summed E-state index contributed by atoms with van der Waals surface area (Å²) in [4.78, 5) is 4.54. The number of benzene rings is 1. The lowest BCUT2D eigenvalue weighted by atomic mass is 10.00. The lowest BCUT2D eigenvalue weighted by molar-refractivity contribution is 0.137. The van der Waals surface area contributed by atoms with Crippen molar-refractivity contribution in [3.05, 3.63) is 59.5 Å². The molecule has 0 N–H and O–H groups in total. The predicted molar refractivity (Wildman–Crippen MR) is 92.6 cm³/mol. The van der Waals surface area contributed by atoms with Crippen molar-refractivity contribution in [2.45, 2.75) is 51.7 Å². The Balaban J connectivity index is 1.49. The molecule has 0 aliphatic carbocycles. The van der Waals surface area contributed by atoms with Gasteiger partial charge in [-0.25, -0.2) is 0 Å². The summed E-state index contributed by atoms with van der Waals surface area (Å²) in [6, 6.07) is 8.35. The molecule has 6 nitrogen and oxygen atoms in total. The molecule has 6 heteroatoms. The second-order valence-corrected chi connectivity index (χ2v) is 7.26. The lowest BCUT2D eigenvalue weighted by Gasteiger charge is -2.18. The monoisotopic (exact) mass is 338 g/mol. The fraction of sp³-hybridized carbons (Fsp3) is 0.421. The molecular formula is C19H22N4O2. The zero-order valence-corrected chi connectivity index (χ0v) is 14.8. The smallest absolute Gasteiger partial charge is 0.228 e. The van der Waals surface area contributed by atoms with Crippen LogP contribution >= 0.6 is 0 Å². The van der Waals surface area contributed by atoms with Gasteiger partial charge in [-0.05, 0) is 32.4 Å². The normalized spacial score (nSPS) is 16.4. The van der Waals surface area contributed by atoms with Crippen molar-refractivity contribution in [3.63, 3.8) is 0 Å². The van der Waals surface area contributed by atoms with Gasteiger partial charge >= 0.3 is 0 Å². The third-order valence-corrected chi connectivity index (χ3v) is 4.48. The number of fused-ring (bicyclic) bond motifs is 1. The van der Waals surface area contributed by atoms with E-state index in [2.05, 4.69) is 54.2 Å². The van der Waals surface area contributed by atoms with E-state index in [1.165, 1.54) is 5.56 Å². The van der Waals surface area contributed by atoms with E-state index >= 15 is 0 Å². The maximum atomic E-state index is 6.12. The van der Waals surface area contributed by atoms with Crippen LogP contribution in [0.25, 0.3) is 0 Å². The highest BCUT2D eigenvalue weighted by atomic mass is 16.5. The zero-order chi connectivity index (χ0) is 17.4. The second-order valence-electron chi connectivity index (χ2n) is 7.26. The van der Waals surface area contributed by atoms with Crippen LogP contribution in [0.5, 0.6) is 5.75 Å². The molecular weight excluding hydrogens is 316 g/mol. The van der Waals surface area contributed by atoms with Crippen molar-refractivity contribution < 1.29 is 9.26 Å². The van der Waals surface area contributed by atoms with Gasteiger partial charge in [-0.1, -0.05) is 23.4 Å². The molecule has 1 atom stereocenters. The van der Waals surface area contributed by atoms with Crippen LogP contribution in [0.15, 0.2) is 41.2 Å². The van der Waals surface area contributed by atoms with Gasteiger partial charge in [0.15, 0.2) is 5.82 Å². The van der Waals surface area contributed by atoms with Crippen LogP contribution in [0, 0.1) is 0 Å². The van der Waals surface area contributed by atoms with E-state index in [9.17, 15) is 0 Å².